The number of anilines is 1. The van der Waals surface area contributed by atoms with Crippen LogP contribution in [0.5, 0.6) is 0 Å². The zero-order chi connectivity index (χ0) is 11.9. The number of imide groups is 1. The Morgan fingerprint density at radius 3 is 2.50 bits per heavy atom. The standard InChI is InChI=1S/C10H8F2N2O2/c1-13-5-9(15)14(10(13)16)8-4-6(11)2-3-7(8)12/h2-4H,5H2,1H3. The van der Waals surface area contributed by atoms with Gasteiger partial charge >= 0.3 is 6.03 Å². The van der Waals surface area contributed by atoms with E-state index in [2.05, 4.69) is 0 Å². The van der Waals surface area contributed by atoms with E-state index in [4.69, 9.17) is 0 Å². The van der Waals surface area contributed by atoms with Crippen LogP contribution in [-0.2, 0) is 4.79 Å². The van der Waals surface area contributed by atoms with E-state index in [0.717, 1.165) is 23.1 Å². The highest BCUT2D eigenvalue weighted by atomic mass is 19.1. The lowest BCUT2D eigenvalue weighted by Crippen LogP contribution is -2.32. The minimum absolute atomic E-state index is 0.130. The first-order valence-electron chi connectivity index (χ1n) is 4.54. The summed E-state index contributed by atoms with van der Waals surface area (Å²) in [6.07, 6.45) is 0. The van der Waals surface area contributed by atoms with Crippen LogP contribution in [0.15, 0.2) is 18.2 Å². The second-order valence-corrected chi connectivity index (χ2v) is 3.46. The normalized spacial score (nSPS) is 16.2. The van der Waals surface area contributed by atoms with Crippen molar-refractivity contribution in [3.63, 3.8) is 0 Å². The molecule has 2 rings (SSSR count). The van der Waals surface area contributed by atoms with E-state index in [1.807, 2.05) is 0 Å². The summed E-state index contributed by atoms with van der Waals surface area (Å²) in [7, 11) is 1.41. The molecule has 0 unspecified atom stereocenters. The fourth-order valence-corrected chi connectivity index (χ4v) is 1.51. The van der Waals surface area contributed by atoms with Crippen LogP contribution in [0.3, 0.4) is 0 Å². The minimum Gasteiger partial charge on any atom is -0.318 e. The van der Waals surface area contributed by atoms with Gasteiger partial charge < -0.3 is 4.90 Å². The van der Waals surface area contributed by atoms with Crippen molar-refractivity contribution in [3.05, 3.63) is 29.8 Å². The number of amides is 3. The molecule has 0 aliphatic carbocycles. The smallest absolute Gasteiger partial charge is 0.318 e. The fraction of sp³-hybridized carbons (Fsp3) is 0.200. The number of urea groups is 1. The van der Waals surface area contributed by atoms with Gasteiger partial charge in [0.15, 0.2) is 0 Å². The van der Waals surface area contributed by atoms with Crippen molar-refractivity contribution in [3.8, 4) is 0 Å². The molecule has 1 aliphatic rings. The molecule has 1 aliphatic heterocycles. The summed E-state index contributed by atoms with van der Waals surface area (Å²) >= 11 is 0. The molecular formula is C10H8F2N2O2. The quantitative estimate of drug-likeness (QED) is 0.678. The van der Waals surface area contributed by atoms with Crippen LogP contribution in [0, 0.1) is 11.6 Å². The zero-order valence-electron chi connectivity index (χ0n) is 8.41. The topological polar surface area (TPSA) is 40.6 Å². The number of hydrogen-bond donors (Lipinski definition) is 0. The van der Waals surface area contributed by atoms with E-state index in [-0.39, 0.29) is 12.2 Å². The molecule has 0 N–H and O–H groups in total. The summed E-state index contributed by atoms with van der Waals surface area (Å²) in [6.45, 7) is -0.130. The number of halogens is 2. The van der Waals surface area contributed by atoms with Crippen molar-refractivity contribution in [2.45, 2.75) is 0 Å². The Balaban J connectivity index is 2.48. The molecule has 0 radical (unpaired) electrons. The molecule has 1 fully saturated rings. The van der Waals surface area contributed by atoms with Crippen LogP contribution >= 0.6 is 0 Å². The summed E-state index contributed by atoms with van der Waals surface area (Å²) in [4.78, 5) is 24.7. The molecule has 0 bridgehead atoms. The number of rotatable bonds is 1. The molecule has 0 aromatic heterocycles. The summed E-state index contributed by atoms with van der Waals surface area (Å²) in [5.74, 6) is -2.08. The van der Waals surface area contributed by atoms with Gasteiger partial charge in [-0.15, -0.1) is 0 Å². The van der Waals surface area contributed by atoms with Gasteiger partial charge in [0.1, 0.15) is 18.2 Å². The molecule has 3 amide bonds. The van der Waals surface area contributed by atoms with Gasteiger partial charge in [-0.05, 0) is 12.1 Å². The van der Waals surface area contributed by atoms with Crippen LogP contribution in [0.4, 0.5) is 19.3 Å². The first kappa shape index (κ1) is 10.5. The Hall–Kier alpha value is -1.98. The largest absolute Gasteiger partial charge is 0.331 e. The van der Waals surface area contributed by atoms with Crippen LogP contribution < -0.4 is 4.90 Å². The molecule has 84 valence electrons. The maximum absolute atomic E-state index is 13.4. The maximum atomic E-state index is 13.4. The zero-order valence-corrected chi connectivity index (χ0v) is 8.41. The molecule has 0 saturated carbocycles. The first-order chi connectivity index (χ1) is 7.50. The predicted molar refractivity (Wildman–Crippen MR) is 51.9 cm³/mol. The maximum Gasteiger partial charge on any atom is 0.331 e. The van der Waals surface area contributed by atoms with Gasteiger partial charge in [0.05, 0.1) is 5.69 Å². The number of likely N-dealkylation sites (N-methyl/N-ethyl adjacent to an activating group) is 1. The van der Waals surface area contributed by atoms with E-state index in [1.54, 1.807) is 0 Å². The van der Waals surface area contributed by atoms with E-state index in [1.165, 1.54) is 7.05 Å². The minimum atomic E-state index is -0.807. The molecule has 1 heterocycles. The van der Waals surface area contributed by atoms with Gasteiger partial charge in [-0.2, -0.15) is 0 Å². The summed E-state index contributed by atoms with van der Waals surface area (Å²) in [5, 5.41) is 0. The number of benzene rings is 1. The van der Waals surface area contributed by atoms with Gasteiger partial charge in [0.25, 0.3) is 5.91 Å². The first-order valence-corrected chi connectivity index (χ1v) is 4.54. The van der Waals surface area contributed by atoms with Gasteiger partial charge in [-0.3, -0.25) is 4.79 Å². The van der Waals surface area contributed by atoms with E-state index in [0.29, 0.717) is 4.90 Å². The van der Waals surface area contributed by atoms with Crippen LogP contribution in [-0.4, -0.2) is 30.4 Å². The van der Waals surface area contributed by atoms with Crippen molar-refractivity contribution in [1.29, 1.82) is 0 Å². The molecule has 16 heavy (non-hydrogen) atoms. The number of hydrogen-bond acceptors (Lipinski definition) is 2. The van der Waals surface area contributed by atoms with Gasteiger partial charge in [-0.25, -0.2) is 18.5 Å². The molecule has 6 heteroatoms. The monoisotopic (exact) mass is 226 g/mol. The third-order valence-corrected chi connectivity index (χ3v) is 2.29. The highest BCUT2D eigenvalue weighted by molar-refractivity contribution is 6.19. The number of carbonyl (C=O) groups is 2. The van der Waals surface area contributed by atoms with E-state index in [9.17, 15) is 18.4 Å². The Morgan fingerprint density at radius 1 is 1.25 bits per heavy atom. The highest BCUT2D eigenvalue weighted by Crippen LogP contribution is 2.24. The van der Waals surface area contributed by atoms with Crippen LogP contribution in [0.2, 0.25) is 0 Å². The third-order valence-electron chi connectivity index (χ3n) is 2.29. The Labute approximate surface area is 90.1 Å². The molecule has 1 aromatic rings. The van der Waals surface area contributed by atoms with Crippen molar-refractivity contribution in [1.82, 2.24) is 4.90 Å². The van der Waals surface area contributed by atoms with Crippen molar-refractivity contribution < 1.29 is 18.4 Å². The van der Waals surface area contributed by atoms with Crippen molar-refractivity contribution >= 4 is 17.6 Å². The molecule has 1 aromatic carbocycles. The van der Waals surface area contributed by atoms with Gasteiger partial charge in [0, 0.05) is 13.1 Å². The Kier molecular flexibility index (Phi) is 2.34. The number of nitrogens with zero attached hydrogens (tertiary/aromatic N) is 2. The number of carbonyl (C=O) groups excluding carboxylic acids is 2. The fourth-order valence-electron chi connectivity index (χ4n) is 1.51. The Bertz CT molecular complexity index is 476. The lowest BCUT2D eigenvalue weighted by Gasteiger charge is -2.14. The van der Waals surface area contributed by atoms with E-state index >= 15 is 0 Å². The average molecular weight is 226 g/mol. The molecule has 0 atom stereocenters. The predicted octanol–water partition coefficient (Wildman–Crippen LogP) is 1.36. The third kappa shape index (κ3) is 1.52. The molecule has 1 saturated heterocycles. The molecule has 0 spiro atoms. The van der Waals surface area contributed by atoms with Crippen molar-refractivity contribution in [2.75, 3.05) is 18.5 Å². The summed E-state index contributed by atoms with van der Waals surface area (Å²) in [6, 6.07) is 1.97. The van der Waals surface area contributed by atoms with E-state index < -0.39 is 23.6 Å². The van der Waals surface area contributed by atoms with Crippen molar-refractivity contribution in [2.24, 2.45) is 0 Å². The SMILES string of the molecule is CN1CC(=O)N(c2cc(F)ccc2F)C1=O. The Morgan fingerprint density at radius 2 is 1.94 bits per heavy atom. The average Bonchev–Trinajstić information content (AvgIpc) is 2.46. The second-order valence-electron chi connectivity index (χ2n) is 3.46. The summed E-state index contributed by atoms with van der Waals surface area (Å²) in [5.41, 5.74) is -0.348. The highest BCUT2D eigenvalue weighted by Gasteiger charge is 2.36. The molecular weight excluding hydrogens is 218 g/mol. The van der Waals surface area contributed by atoms with Gasteiger partial charge in [-0.1, -0.05) is 0 Å². The van der Waals surface area contributed by atoms with Crippen LogP contribution in [0.25, 0.3) is 0 Å². The molecule has 4 nitrogen and oxygen atoms in total. The second kappa shape index (κ2) is 3.55. The lowest BCUT2D eigenvalue weighted by atomic mass is 10.2. The summed E-state index contributed by atoms with van der Waals surface area (Å²) < 4.78 is 26.3. The van der Waals surface area contributed by atoms with Crippen LogP contribution in [0.1, 0.15) is 0 Å². The lowest BCUT2D eigenvalue weighted by molar-refractivity contribution is -0.116. The van der Waals surface area contributed by atoms with Gasteiger partial charge in [0.2, 0.25) is 0 Å².